The lowest BCUT2D eigenvalue weighted by Crippen LogP contribution is -2.12. The summed E-state index contributed by atoms with van der Waals surface area (Å²) in [6.45, 7) is 3.96. The zero-order valence-electron chi connectivity index (χ0n) is 10.0. The van der Waals surface area contributed by atoms with Gasteiger partial charge in [-0.3, -0.25) is 0 Å². The summed E-state index contributed by atoms with van der Waals surface area (Å²) in [6.07, 6.45) is 2.71. The highest BCUT2D eigenvalue weighted by Gasteiger charge is 2.12. The van der Waals surface area contributed by atoms with Gasteiger partial charge in [-0.05, 0) is 25.0 Å². The van der Waals surface area contributed by atoms with Gasteiger partial charge in [-0.2, -0.15) is 5.10 Å². The maximum atomic E-state index is 6.10. The molecule has 0 bridgehead atoms. The first-order chi connectivity index (χ1) is 8.13. The SMILES string of the molecule is CC[C@H](N)c1ccccc1-n1cc(Cl)c(C)n1. The predicted octanol–water partition coefficient (Wildman–Crippen LogP) is 3.24. The average Bonchev–Trinajstić information content (AvgIpc) is 2.68. The average molecular weight is 250 g/mol. The van der Waals surface area contributed by atoms with Gasteiger partial charge in [-0.15, -0.1) is 0 Å². The quantitative estimate of drug-likeness (QED) is 0.908. The fourth-order valence-electron chi connectivity index (χ4n) is 1.79. The van der Waals surface area contributed by atoms with Gasteiger partial charge in [0.05, 0.1) is 16.4 Å². The molecule has 90 valence electrons. The van der Waals surface area contributed by atoms with Gasteiger partial charge in [0.25, 0.3) is 0 Å². The summed E-state index contributed by atoms with van der Waals surface area (Å²) in [5, 5.41) is 5.06. The maximum absolute atomic E-state index is 6.10. The molecule has 0 radical (unpaired) electrons. The molecule has 2 aromatic rings. The molecule has 2 N–H and O–H groups in total. The van der Waals surface area contributed by atoms with Crippen LogP contribution in [0.2, 0.25) is 5.02 Å². The van der Waals surface area contributed by atoms with Crippen LogP contribution in [0.5, 0.6) is 0 Å². The Labute approximate surface area is 106 Å². The van der Waals surface area contributed by atoms with Gasteiger partial charge in [-0.25, -0.2) is 4.68 Å². The lowest BCUT2D eigenvalue weighted by Gasteiger charge is -2.14. The number of para-hydroxylation sites is 1. The highest BCUT2D eigenvalue weighted by Crippen LogP contribution is 2.23. The molecule has 1 heterocycles. The second kappa shape index (κ2) is 4.90. The molecule has 17 heavy (non-hydrogen) atoms. The summed E-state index contributed by atoms with van der Waals surface area (Å²) in [6, 6.07) is 8.04. The molecule has 1 atom stereocenters. The third kappa shape index (κ3) is 2.35. The van der Waals surface area contributed by atoms with Gasteiger partial charge < -0.3 is 5.73 Å². The van der Waals surface area contributed by atoms with Crippen LogP contribution >= 0.6 is 11.6 Å². The number of hydrogen-bond donors (Lipinski definition) is 1. The van der Waals surface area contributed by atoms with Crippen LogP contribution in [0.4, 0.5) is 0 Å². The van der Waals surface area contributed by atoms with Crippen molar-refractivity contribution in [2.75, 3.05) is 0 Å². The number of benzene rings is 1. The largest absolute Gasteiger partial charge is 0.324 e. The van der Waals surface area contributed by atoms with E-state index in [1.807, 2.05) is 37.4 Å². The van der Waals surface area contributed by atoms with Crippen molar-refractivity contribution in [3.63, 3.8) is 0 Å². The first-order valence-corrected chi connectivity index (χ1v) is 6.08. The zero-order valence-corrected chi connectivity index (χ0v) is 10.8. The first kappa shape index (κ1) is 12.1. The molecule has 0 saturated heterocycles. The molecule has 0 aliphatic heterocycles. The van der Waals surface area contributed by atoms with E-state index >= 15 is 0 Å². The van der Waals surface area contributed by atoms with E-state index in [1.54, 1.807) is 4.68 Å². The lowest BCUT2D eigenvalue weighted by molar-refractivity contribution is 0.686. The van der Waals surface area contributed by atoms with Crippen LogP contribution in [-0.2, 0) is 0 Å². The maximum Gasteiger partial charge on any atom is 0.0819 e. The standard InChI is InChI=1S/C13H16ClN3/c1-3-12(15)10-6-4-5-7-13(10)17-8-11(14)9(2)16-17/h4-8,12H,3,15H2,1-2H3/t12-/m0/s1. The Morgan fingerprint density at radius 2 is 2.12 bits per heavy atom. The first-order valence-electron chi connectivity index (χ1n) is 5.70. The lowest BCUT2D eigenvalue weighted by atomic mass is 10.0. The Bertz CT molecular complexity index is 500. The molecule has 0 fully saturated rings. The molecule has 0 unspecified atom stereocenters. The van der Waals surface area contributed by atoms with Crippen LogP contribution in [-0.4, -0.2) is 9.78 Å². The van der Waals surface area contributed by atoms with E-state index in [1.165, 1.54) is 0 Å². The summed E-state index contributed by atoms with van der Waals surface area (Å²) in [5.41, 5.74) is 9.02. The number of hydrogen-bond acceptors (Lipinski definition) is 2. The minimum absolute atomic E-state index is 0.0227. The van der Waals surface area contributed by atoms with Crippen LogP contribution in [0.3, 0.4) is 0 Å². The number of aryl methyl sites for hydroxylation is 1. The van der Waals surface area contributed by atoms with Crippen molar-refractivity contribution in [1.29, 1.82) is 0 Å². The smallest absolute Gasteiger partial charge is 0.0819 e. The van der Waals surface area contributed by atoms with Gasteiger partial charge in [0, 0.05) is 12.2 Å². The molecule has 0 spiro atoms. The zero-order chi connectivity index (χ0) is 12.4. The minimum atomic E-state index is 0.0227. The highest BCUT2D eigenvalue weighted by atomic mass is 35.5. The summed E-state index contributed by atoms with van der Waals surface area (Å²) in [7, 11) is 0. The van der Waals surface area contributed by atoms with Gasteiger partial charge in [-0.1, -0.05) is 36.7 Å². The Hall–Kier alpha value is -1.32. The molecule has 2 rings (SSSR count). The number of halogens is 1. The van der Waals surface area contributed by atoms with E-state index in [2.05, 4.69) is 12.0 Å². The van der Waals surface area contributed by atoms with Gasteiger partial charge in [0.15, 0.2) is 0 Å². The van der Waals surface area contributed by atoms with Crippen molar-refractivity contribution in [1.82, 2.24) is 9.78 Å². The second-order valence-corrected chi connectivity index (χ2v) is 4.49. The molecule has 0 aliphatic rings. The van der Waals surface area contributed by atoms with Gasteiger partial charge in [0.1, 0.15) is 0 Å². The molecule has 4 heteroatoms. The molecular formula is C13H16ClN3. The predicted molar refractivity (Wildman–Crippen MR) is 70.5 cm³/mol. The molecule has 0 amide bonds. The number of rotatable bonds is 3. The van der Waals surface area contributed by atoms with Crippen molar-refractivity contribution >= 4 is 11.6 Å². The van der Waals surface area contributed by atoms with Gasteiger partial charge >= 0.3 is 0 Å². The molecule has 0 aliphatic carbocycles. The van der Waals surface area contributed by atoms with E-state index in [-0.39, 0.29) is 6.04 Å². The van der Waals surface area contributed by atoms with E-state index in [0.717, 1.165) is 23.4 Å². The highest BCUT2D eigenvalue weighted by molar-refractivity contribution is 6.31. The normalized spacial score (nSPS) is 12.7. The summed E-state index contributed by atoms with van der Waals surface area (Å²) in [5.74, 6) is 0. The Kier molecular flexibility index (Phi) is 3.50. The van der Waals surface area contributed by atoms with E-state index in [0.29, 0.717) is 5.02 Å². The fraction of sp³-hybridized carbons (Fsp3) is 0.308. The van der Waals surface area contributed by atoms with Crippen molar-refractivity contribution < 1.29 is 0 Å². The third-order valence-corrected chi connectivity index (χ3v) is 3.23. The van der Waals surface area contributed by atoms with Crippen molar-refractivity contribution in [3.05, 3.63) is 46.7 Å². The van der Waals surface area contributed by atoms with E-state index < -0.39 is 0 Å². The molecule has 3 nitrogen and oxygen atoms in total. The molecular weight excluding hydrogens is 234 g/mol. The van der Waals surface area contributed by atoms with E-state index in [4.69, 9.17) is 17.3 Å². The van der Waals surface area contributed by atoms with Crippen molar-refractivity contribution in [2.45, 2.75) is 26.3 Å². The van der Waals surface area contributed by atoms with E-state index in [9.17, 15) is 0 Å². The third-order valence-electron chi connectivity index (χ3n) is 2.86. The minimum Gasteiger partial charge on any atom is -0.324 e. The molecule has 0 saturated carbocycles. The van der Waals surface area contributed by atoms with Crippen molar-refractivity contribution in [3.8, 4) is 5.69 Å². The Balaban J connectivity index is 2.51. The number of nitrogens with two attached hydrogens (primary N) is 1. The number of nitrogens with zero attached hydrogens (tertiary/aromatic N) is 2. The topological polar surface area (TPSA) is 43.8 Å². The summed E-state index contributed by atoms with van der Waals surface area (Å²) in [4.78, 5) is 0. The monoisotopic (exact) mass is 249 g/mol. The second-order valence-electron chi connectivity index (χ2n) is 4.08. The summed E-state index contributed by atoms with van der Waals surface area (Å²) >= 11 is 6.03. The fourth-order valence-corrected chi connectivity index (χ4v) is 1.92. The van der Waals surface area contributed by atoms with Crippen molar-refractivity contribution in [2.24, 2.45) is 5.73 Å². The summed E-state index contributed by atoms with van der Waals surface area (Å²) < 4.78 is 1.79. The number of aromatic nitrogens is 2. The van der Waals surface area contributed by atoms with Gasteiger partial charge in [0.2, 0.25) is 0 Å². The van der Waals surface area contributed by atoms with Crippen LogP contribution in [0.25, 0.3) is 5.69 Å². The molecule has 1 aromatic heterocycles. The Morgan fingerprint density at radius 3 is 2.71 bits per heavy atom. The Morgan fingerprint density at radius 1 is 1.41 bits per heavy atom. The van der Waals surface area contributed by atoms with Crippen LogP contribution < -0.4 is 5.73 Å². The molecule has 1 aromatic carbocycles. The van der Waals surface area contributed by atoms with Crippen LogP contribution in [0, 0.1) is 6.92 Å². The van der Waals surface area contributed by atoms with Crippen LogP contribution in [0.1, 0.15) is 30.6 Å². The van der Waals surface area contributed by atoms with Crippen LogP contribution in [0.15, 0.2) is 30.5 Å².